The number of piperidine rings is 2. The predicted molar refractivity (Wildman–Crippen MR) is 482 cm³/mol. The Bertz CT molecular complexity index is 5660. The van der Waals surface area contributed by atoms with Crippen LogP contribution in [0, 0.1) is 34.5 Å². The number of aliphatic hydroxyl groups excluding tert-OH is 6. The third kappa shape index (κ3) is 20.2. The zero-order chi connectivity index (χ0) is 88.1. The first-order chi connectivity index (χ1) is 61.7. The summed E-state index contributed by atoms with van der Waals surface area (Å²) in [4.78, 5) is 47.4. The molecular formula is C99H129N13O14S. The van der Waals surface area contributed by atoms with E-state index in [4.69, 9.17) is 19.3 Å². The Kier molecular flexibility index (Phi) is 28.2. The maximum Gasteiger partial charge on any atom is 0.306 e. The first kappa shape index (κ1) is 90.1. The first-order valence-corrected chi connectivity index (χ1v) is 48.6. The van der Waals surface area contributed by atoms with Crippen molar-refractivity contribution in [1.29, 1.82) is 0 Å². The summed E-state index contributed by atoms with van der Waals surface area (Å²) in [7, 11) is -3.72. The highest BCUT2D eigenvalue weighted by atomic mass is 32.2. The molecule has 10 aromatic heterocycles. The number of nitrogens with zero attached hydrogens (tertiary/aromatic N) is 12. The van der Waals surface area contributed by atoms with Gasteiger partial charge in [0.25, 0.3) is 16.1 Å². The van der Waals surface area contributed by atoms with Crippen molar-refractivity contribution < 1.29 is 68.0 Å². The van der Waals surface area contributed by atoms with Gasteiger partial charge in [0.15, 0.2) is 6.29 Å². The monoisotopic (exact) mass is 1760 g/mol. The molecule has 28 heteroatoms. The maximum absolute atomic E-state index is 12.9. The minimum absolute atomic E-state index is 0.0171. The molecule has 8 aliphatic carbocycles. The van der Waals surface area contributed by atoms with Crippen LogP contribution >= 0.6 is 0 Å². The van der Waals surface area contributed by atoms with Gasteiger partial charge in [0.1, 0.15) is 0 Å². The number of rotatable bonds is 27. The van der Waals surface area contributed by atoms with E-state index in [1.54, 1.807) is 31.5 Å². The van der Waals surface area contributed by atoms with E-state index in [0.717, 1.165) is 165 Å². The van der Waals surface area contributed by atoms with E-state index in [-0.39, 0.29) is 59.9 Å². The molecular weight excluding hydrogens is 1630 g/mol. The molecule has 2 saturated heterocycles. The second-order valence-electron chi connectivity index (χ2n) is 38.0. The molecule has 0 bridgehead atoms. The van der Waals surface area contributed by atoms with Gasteiger partial charge in [-0.15, -0.1) is 0 Å². The second-order valence-corrected chi connectivity index (χ2v) is 39.6. The standard InChI is InChI=1S/C24H36N2O4.C23H25N3O2.C18H22N2O3.C18H24N2O2.C16H22N4O3S/c1-3-29-21(30-4-2)15-28-16-24(11-6-5-7-12-24)23(27)22-19(18-8-9-18)10-13-26-17-25-14-20(22)26;27-22(21-19(16-8-9-16)10-12-26-15-24-13-20(21)26)18-7-4-11-25(14-18)23(28)17-5-2-1-3-6-17;21-17(12-2-1-3-13(8-12)18(22)23)16-14(11-4-5-11)6-7-20-10-19-9-15(16)20;21-11-18(7-2-1-3-8-18)17(22)16-14(13-4-5-13)6-9-20-12-19-10-15(16)20;17-24(22,23)20-6-1-2-12(9-20)16(21)15-13(11-3-4-11)5-7-19-10-18-8-14(15)19/h10,13-14,17-18,21,23,27H,3-9,11-12,15-16H2,1-2H3;1-3,5-6,10,12-13,15-16,18,22,27H,4,7-9,11,14H2;6-7,9-13,17,21H,1-5,8H2,(H,22,23);6,9-10,12-13,17,21-22H,1-5,7-8,11H2;5,7-8,10-12,16,21H,1-4,6,9H2,(H2,17,22,23). The molecule has 8 saturated carbocycles. The minimum Gasteiger partial charge on any atom is -0.481 e. The summed E-state index contributed by atoms with van der Waals surface area (Å²) < 4.78 is 51.9. The molecule has 9 N–H and O–H groups in total. The number of pyridine rings is 5. The van der Waals surface area contributed by atoms with Crippen LogP contribution < -0.4 is 5.14 Å². The lowest BCUT2D eigenvalue weighted by atomic mass is 9.68. The Morgan fingerprint density at radius 1 is 0.457 bits per heavy atom. The summed E-state index contributed by atoms with van der Waals surface area (Å²) >= 11 is 0. The molecule has 12 heterocycles. The Balaban J connectivity index is 0.000000112. The van der Waals surface area contributed by atoms with E-state index >= 15 is 0 Å². The number of hydrogen-bond donors (Lipinski definition) is 8. The highest BCUT2D eigenvalue weighted by Crippen LogP contribution is 2.56. The molecule has 0 radical (unpaired) electrons. The molecule has 11 aromatic rings. The molecule has 10 fully saturated rings. The van der Waals surface area contributed by atoms with Gasteiger partial charge in [0.05, 0.1) is 146 Å². The number of aliphatic hydroxyl groups is 6. The van der Waals surface area contributed by atoms with E-state index in [1.807, 2.05) is 127 Å². The number of aliphatic carboxylic acids is 1. The van der Waals surface area contributed by atoms with Crippen LogP contribution in [0.5, 0.6) is 0 Å². The van der Waals surface area contributed by atoms with Gasteiger partial charge in [-0.3, -0.25) is 9.59 Å². The van der Waals surface area contributed by atoms with Crippen LogP contribution in [0.3, 0.4) is 0 Å². The summed E-state index contributed by atoms with van der Waals surface area (Å²) in [6.07, 6.45) is 53.6. The van der Waals surface area contributed by atoms with E-state index in [1.165, 1.54) is 96.3 Å². The van der Waals surface area contributed by atoms with Crippen molar-refractivity contribution >= 4 is 49.7 Å². The number of carbonyl (C=O) groups excluding carboxylic acids is 1. The van der Waals surface area contributed by atoms with E-state index in [0.29, 0.717) is 87.5 Å². The summed E-state index contributed by atoms with van der Waals surface area (Å²) in [5.41, 5.74) is 16.1. The lowest BCUT2D eigenvalue weighted by molar-refractivity contribution is -0.179. The third-order valence-electron chi connectivity index (χ3n) is 29.3. The topological polar surface area (TPSA) is 357 Å². The van der Waals surface area contributed by atoms with Crippen LogP contribution in [0.2, 0.25) is 0 Å². The van der Waals surface area contributed by atoms with E-state index < -0.39 is 46.7 Å². The Morgan fingerprint density at radius 2 is 0.827 bits per heavy atom. The van der Waals surface area contributed by atoms with Gasteiger partial charge in [0.2, 0.25) is 0 Å². The number of fused-ring (bicyclic) bond motifs is 5. The number of imidazole rings is 5. The summed E-state index contributed by atoms with van der Waals surface area (Å²) in [6, 6.07) is 20.1. The Labute approximate surface area is 744 Å². The minimum atomic E-state index is -3.72. The van der Waals surface area contributed by atoms with Crippen LogP contribution in [0.15, 0.2) is 154 Å². The fraction of sp³-hybridized carbons (Fsp3) is 0.566. The van der Waals surface area contributed by atoms with Crippen LogP contribution in [0.25, 0.3) is 27.6 Å². The van der Waals surface area contributed by atoms with Crippen LogP contribution in [-0.4, -0.2) is 178 Å². The van der Waals surface area contributed by atoms with Crippen LogP contribution in [0.4, 0.5) is 0 Å². The van der Waals surface area contributed by atoms with E-state index in [9.17, 15) is 53.8 Å². The lowest BCUT2D eigenvalue weighted by Crippen LogP contribution is -2.44. The van der Waals surface area contributed by atoms with Crippen molar-refractivity contribution in [1.82, 2.24) is 56.1 Å². The molecule has 127 heavy (non-hydrogen) atoms. The second kappa shape index (κ2) is 39.8. The molecule has 680 valence electrons. The fourth-order valence-electron chi connectivity index (χ4n) is 21.6. The number of carboxylic acids is 1. The van der Waals surface area contributed by atoms with Gasteiger partial charge in [-0.25, -0.2) is 30.1 Å². The Morgan fingerprint density at radius 3 is 1.22 bits per heavy atom. The molecule has 21 rings (SSSR count). The normalized spacial score (nSPS) is 22.7. The number of benzene rings is 1. The molecule has 9 unspecified atom stereocenters. The Hall–Kier alpha value is -8.88. The van der Waals surface area contributed by atoms with Crippen LogP contribution in [0.1, 0.15) is 320 Å². The van der Waals surface area contributed by atoms with Gasteiger partial charge in [-0.1, -0.05) is 63.1 Å². The van der Waals surface area contributed by atoms with Gasteiger partial charge in [-0.05, 0) is 254 Å². The van der Waals surface area contributed by atoms with Crippen LogP contribution in [-0.2, 0) is 29.2 Å². The van der Waals surface area contributed by atoms with Gasteiger partial charge in [0, 0.05) is 126 Å². The fourth-order valence-corrected chi connectivity index (χ4v) is 22.4. The molecule has 2 aliphatic heterocycles. The summed E-state index contributed by atoms with van der Waals surface area (Å²) in [6.45, 7) is 8.12. The van der Waals surface area contributed by atoms with Crippen molar-refractivity contribution in [2.24, 2.45) is 39.6 Å². The SMILES string of the molecule is CCOC(COCC1(C(O)c2c(C3CC3)ccn3cncc23)CCCCC1)OCC.NS(=O)(=O)N1CCCC(C(O)c2c(C3CC3)ccn3cncc23)C1.O=C(O)C1CCCC(C(O)c2c(C3CC3)ccn3cncc23)C1.O=C(c1ccccc1)N1CCCC(C(O)c2c(C3CC3)ccn3cncc23)C1.OCC1(C(O)c2c(C3CC3)ccn3cncc23)CCCCC1. The smallest absolute Gasteiger partial charge is 0.306 e. The molecule has 10 aliphatic rings. The van der Waals surface area contributed by atoms with E-state index in [2.05, 4.69) is 61.4 Å². The number of likely N-dealkylation sites (tertiary alicyclic amines) is 1. The zero-order valence-electron chi connectivity index (χ0n) is 73.6. The van der Waals surface area contributed by atoms with Gasteiger partial charge in [-0.2, -0.15) is 12.7 Å². The van der Waals surface area contributed by atoms with Crippen molar-refractivity contribution in [3.05, 3.63) is 215 Å². The highest BCUT2D eigenvalue weighted by molar-refractivity contribution is 7.86. The van der Waals surface area contributed by atoms with Gasteiger partial charge >= 0.3 is 5.97 Å². The number of carbonyl (C=O) groups is 2. The number of carboxylic acid groups (broad SMARTS) is 1. The zero-order valence-corrected chi connectivity index (χ0v) is 74.4. The molecule has 0 spiro atoms. The number of hydrogen-bond acceptors (Lipinski definition) is 18. The van der Waals surface area contributed by atoms with Crippen molar-refractivity contribution in [2.75, 3.05) is 59.2 Å². The molecule has 1 aromatic carbocycles. The summed E-state index contributed by atoms with van der Waals surface area (Å²) in [5, 5.41) is 81.4. The maximum atomic E-state index is 12.9. The van der Waals surface area contributed by atoms with Crippen molar-refractivity contribution in [3.8, 4) is 0 Å². The van der Waals surface area contributed by atoms with Gasteiger partial charge < -0.3 is 76.9 Å². The first-order valence-electron chi connectivity index (χ1n) is 47.1. The number of ether oxygens (including phenoxy) is 3. The number of amides is 1. The molecule has 9 atom stereocenters. The molecule has 1 amide bonds. The number of nitrogens with two attached hydrogens (primary N) is 1. The average Bonchev–Trinajstić information content (AvgIpc) is 1.51. The average molecular weight is 1760 g/mol. The van der Waals surface area contributed by atoms with Crippen molar-refractivity contribution in [3.63, 3.8) is 0 Å². The molecule has 27 nitrogen and oxygen atoms in total. The lowest BCUT2D eigenvalue weighted by Gasteiger charge is -2.42. The largest absolute Gasteiger partial charge is 0.481 e. The highest BCUT2D eigenvalue weighted by Gasteiger charge is 2.47. The number of aromatic nitrogens is 10. The predicted octanol–water partition coefficient (Wildman–Crippen LogP) is 15.9. The summed E-state index contributed by atoms with van der Waals surface area (Å²) in [5.74, 6) is 1.63. The third-order valence-corrected chi connectivity index (χ3v) is 30.4. The van der Waals surface area contributed by atoms with Crippen molar-refractivity contribution in [2.45, 2.75) is 260 Å². The quantitative estimate of drug-likeness (QED) is 0.0222.